The van der Waals surface area contributed by atoms with Crippen molar-refractivity contribution in [3.05, 3.63) is 47.0 Å². The number of hydrogen-bond acceptors (Lipinski definition) is 4. The third-order valence-electron chi connectivity index (χ3n) is 11.9. The Labute approximate surface area is 240 Å². The molecule has 0 saturated heterocycles. The second-order valence-corrected chi connectivity index (χ2v) is 14.5. The number of aromatic carboxylic acids is 1. The fourth-order valence-corrected chi connectivity index (χ4v) is 9.80. The number of hydrogen-bond donors (Lipinski definition) is 2. The van der Waals surface area contributed by atoms with Crippen molar-refractivity contribution in [2.45, 2.75) is 111 Å². The maximum atomic E-state index is 13.0. The highest BCUT2D eigenvalue weighted by Gasteiger charge is 2.61. The van der Waals surface area contributed by atoms with Crippen LogP contribution in [0.1, 0.15) is 120 Å². The van der Waals surface area contributed by atoms with Crippen molar-refractivity contribution in [1.82, 2.24) is 0 Å². The Bertz CT molecular complexity index is 1140. The number of aliphatic hydroxyl groups is 1. The summed E-state index contributed by atoms with van der Waals surface area (Å²) < 4.78 is 5.88. The van der Waals surface area contributed by atoms with Crippen LogP contribution in [0.4, 0.5) is 0 Å². The molecule has 0 aliphatic heterocycles. The van der Waals surface area contributed by atoms with Crippen LogP contribution in [0, 0.1) is 46.3 Å². The summed E-state index contributed by atoms with van der Waals surface area (Å²) in [5.74, 6) is 1.89. The smallest absolute Gasteiger partial charge is 0.339 e. The summed E-state index contributed by atoms with van der Waals surface area (Å²) in [6.07, 6.45) is 12.6. The Morgan fingerprint density at radius 2 is 1.70 bits per heavy atom. The minimum atomic E-state index is -1.13. The lowest BCUT2D eigenvalue weighted by atomic mass is 9.46. The van der Waals surface area contributed by atoms with Crippen molar-refractivity contribution in [2.75, 3.05) is 0 Å². The van der Waals surface area contributed by atoms with E-state index in [-0.39, 0.29) is 22.6 Å². The first-order valence-corrected chi connectivity index (χ1v) is 15.9. The van der Waals surface area contributed by atoms with Crippen molar-refractivity contribution in [1.29, 1.82) is 0 Å². The molecule has 5 nitrogen and oxygen atoms in total. The molecule has 1 aromatic carbocycles. The number of carboxylic acids is 1. The number of carbonyl (C=O) groups is 2. The molecule has 0 amide bonds. The summed E-state index contributed by atoms with van der Waals surface area (Å²) in [7, 11) is 0. The van der Waals surface area contributed by atoms with Gasteiger partial charge >= 0.3 is 11.9 Å². The third kappa shape index (κ3) is 5.16. The van der Waals surface area contributed by atoms with Crippen LogP contribution in [-0.2, 0) is 4.74 Å². The Morgan fingerprint density at radius 3 is 2.40 bits per heavy atom. The first kappa shape index (κ1) is 29.4. The molecule has 5 unspecified atom stereocenters. The van der Waals surface area contributed by atoms with Crippen molar-refractivity contribution in [2.24, 2.45) is 46.3 Å². The molecule has 4 aliphatic rings. The number of aliphatic hydroxyl groups excluding tert-OH is 1. The Kier molecular flexibility index (Phi) is 8.27. The number of fused-ring (bicyclic) bond motifs is 5. The minimum Gasteiger partial charge on any atom is -0.478 e. The zero-order chi connectivity index (χ0) is 28.8. The van der Waals surface area contributed by atoms with Gasteiger partial charge in [-0.05, 0) is 97.0 Å². The van der Waals surface area contributed by atoms with Crippen LogP contribution in [-0.4, -0.2) is 34.4 Å². The first-order chi connectivity index (χ1) is 19.0. The summed E-state index contributed by atoms with van der Waals surface area (Å²) in [4.78, 5) is 24.6. The molecule has 0 bridgehead atoms. The SMILES string of the molecule is CC(C)CCC[C@@H](C)[C@H]1CCC2C3C(O)C=C4CC(OC(=O)c5ccccc5C(=O)O)CC[C@]4(C)C3CC[C@@]21C. The number of carbonyl (C=O) groups excluding carboxylic acids is 1. The summed E-state index contributed by atoms with van der Waals surface area (Å²) in [5, 5.41) is 21.1. The Balaban J connectivity index is 1.30. The average Bonchev–Trinajstić information content (AvgIpc) is 3.26. The zero-order valence-corrected chi connectivity index (χ0v) is 25.2. The molecular weight excluding hydrogens is 500 g/mol. The lowest BCUT2D eigenvalue weighted by Crippen LogP contribution is -2.55. The quantitative estimate of drug-likeness (QED) is 0.254. The van der Waals surface area contributed by atoms with Crippen LogP contribution < -0.4 is 0 Å². The fourth-order valence-electron chi connectivity index (χ4n) is 9.80. The first-order valence-electron chi connectivity index (χ1n) is 15.9. The second kappa shape index (κ2) is 11.3. The molecule has 5 heteroatoms. The number of rotatable bonds is 8. The predicted molar refractivity (Wildman–Crippen MR) is 157 cm³/mol. The van der Waals surface area contributed by atoms with Crippen LogP contribution in [0.25, 0.3) is 0 Å². The van der Waals surface area contributed by atoms with Crippen LogP contribution in [0.5, 0.6) is 0 Å². The van der Waals surface area contributed by atoms with Gasteiger partial charge in [0.2, 0.25) is 0 Å². The van der Waals surface area contributed by atoms with E-state index in [0.29, 0.717) is 29.6 Å². The van der Waals surface area contributed by atoms with E-state index in [1.54, 1.807) is 12.1 Å². The third-order valence-corrected chi connectivity index (χ3v) is 11.9. The Morgan fingerprint density at radius 1 is 0.975 bits per heavy atom. The van der Waals surface area contributed by atoms with Gasteiger partial charge in [-0.25, -0.2) is 9.59 Å². The van der Waals surface area contributed by atoms with Crippen molar-refractivity contribution >= 4 is 11.9 Å². The van der Waals surface area contributed by atoms with Crippen LogP contribution in [0.15, 0.2) is 35.9 Å². The number of benzene rings is 1. The van der Waals surface area contributed by atoms with Gasteiger partial charge in [0.05, 0.1) is 17.2 Å². The summed E-state index contributed by atoms with van der Waals surface area (Å²) in [5.41, 5.74) is 1.64. The average molecular weight is 551 g/mol. The summed E-state index contributed by atoms with van der Waals surface area (Å²) in [6, 6.07) is 6.24. The molecule has 2 N–H and O–H groups in total. The largest absolute Gasteiger partial charge is 0.478 e. The van der Waals surface area contributed by atoms with Crippen LogP contribution in [0.3, 0.4) is 0 Å². The molecule has 1 aromatic rings. The van der Waals surface area contributed by atoms with E-state index >= 15 is 0 Å². The molecule has 5 rings (SSSR count). The molecule has 4 aliphatic carbocycles. The molecule has 3 saturated carbocycles. The fraction of sp³-hybridized carbons (Fsp3) is 0.714. The molecule has 0 radical (unpaired) electrons. The molecule has 0 spiro atoms. The normalized spacial score (nSPS) is 37.6. The highest BCUT2D eigenvalue weighted by Crippen LogP contribution is 2.67. The summed E-state index contributed by atoms with van der Waals surface area (Å²) in [6.45, 7) is 12.1. The van der Waals surface area contributed by atoms with Gasteiger partial charge in [-0.1, -0.05) is 77.7 Å². The molecular formula is C35H50O5. The van der Waals surface area contributed by atoms with Crippen LogP contribution >= 0.6 is 0 Å². The van der Waals surface area contributed by atoms with Crippen LogP contribution in [0.2, 0.25) is 0 Å². The van der Waals surface area contributed by atoms with E-state index < -0.39 is 18.0 Å². The van der Waals surface area contributed by atoms with Gasteiger partial charge in [0.25, 0.3) is 0 Å². The van der Waals surface area contributed by atoms with Gasteiger partial charge in [0.15, 0.2) is 0 Å². The standard InChI is InChI=1S/C35H50O5/c1-21(2)9-8-10-22(3)27-13-14-28-31-29(16-18-35(27,28)5)34(4)17-15-24(19-23(34)20-30(31)36)40-33(39)26-12-7-6-11-25(26)32(37)38/h6-7,11-12,20-22,24,27-31,36H,8-10,13-19H2,1-5H3,(H,37,38)/t22-,24?,27-,28?,29?,30?,31?,34+,35-/m1/s1. The van der Waals surface area contributed by atoms with Gasteiger partial charge in [-0.2, -0.15) is 0 Å². The van der Waals surface area contributed by atoms with Gasteiger partial charge in [-0.15, -0.1) is 0 Å². The highest BCUT2D eigenvalue weighted by molar-refractivity contribution is 6.02. The monoisotopic (exact) mass is 550 g/mol. The van der Waals surface area contributed by atoms with Gasteiger partial charge in [-0.3, -0.25) is 0 Å². The molecule has 3 fully saturated rings. The van der Waals surface area contributed by atoms with E-state index in [1.807, 2.05) is 0 Å². The maximum absolute atomic E-state index is 13.0. The van der Waals surface area contributed by atoms with E-state index in [0.717, 1.165) is 37.0 Å². The number of ether oxygens (including phenoxy) is 1. The van der Waals surface area contributed by atoms with Gasteiger partial charge in [0, 0.05) is 6.42 Å². The number of esters is 1. The van der Waals surface area contributed by atoms with E-state index in [2.05, 4.69) is 40.7 Å². The van der Waals surface area contributed by atoms with E-state index in [1.165, 1.54) is 56.2 Å². The predicted octanol–water partition coefficient (Wildman–Crippen LogP) is 7.92. The maximum Gasteiger partial charge on any atom is 0.339 e. The second-order valence-electron chi connectivity index (χ2n) is 14.5. The number of carboxylic acid groups (broad SMARTS) is 1. The van der Waals surface area contributed by atoms with Gasteiger partial charge < -0.3 is 14.9 Å². The Hall–Kier alpha value is -2.14. The van der Waals surface area contributed by atoms with E-state index in [9.17, 15) is 19.8 Å². The molecule has 40 heavy (non-hydrogen) atoms. The molecule has 220 valence electrons. The molecule has 9 atom stereocenters. The lowest BCUT2D eigenvalue weighted by molar-refractivity contribution is -0.0978. The highest BCUT2D eigenvalue weighted by atomic mass is 16.5. The zero-order valence-electron chi connectivity index (χ0n) is 25.2. The lowest BCUT2D eigenvalue weighted by Gasteiger charge is -2.59. The van der Waals surface area contributed by atoms with Crippen molar-refractivity contribution < 1.29 is 24.5 Å². The topological polar surface area (TPSA) is 83.8 Å². The molecule has 0 aromatic heterocycles. The van der Waals surface area contributed by atoms with Crippen molar-refractivity contribution in [3.63, 3.8) is 0 Å². The van der Waals surface area contributed by atoms with Crippen molar-refractivity contribution in [3.8, 4) is 0 Å². The van der Waals surface area contributed by atoms with E-state index in [4.69, 9.17) is 4.74 Å². The van der Waals surface area contributed by atoms with Gasteiger partial charge in [0.1, 0.15) is 6.10 Å². The minimum absolute atomic E-state index is 0.0219. The molecule has 0 heterocycles. The summed E-state index contributed by atoms with van der Waals surface area (Å²) >= 11 is 0.